The number of carboxylic acids is 1. The smallest absolute Gasteiger partial charge is 0.352 e. The summed E-state index contributed by atoms with van der Waals surface area (Å²) in [6.07, 6.45) is -0.170. The van der Waals surface area contributed by atoms with E-state index in [2.05, 4.69) is 30.2 Å². The first kappa shape index (κ1) is 24.3. The predicted molar refractivity (Wildman–Crippen MR) is 118 cm³/mol. The number of anilines is 1. The van der Waals surface area contributed by atoms with Crippen LogP contribution in [-0.2, 0) is 36.8 Å². The lowest BCUT2D eigenvalue weighted by atomic mass is 10.0. The standard InChI is InChI=1S/C14H15N9O7S4/c15-13-16-6(19-33-13)1-7(24)17-8-10(25)23-9(12(26)27)5(2-31-11(8)23)3-32-14-18-20-21-22(14)4-34(28,29)30/h8,11H,1-4H2,(H,17,24)(H,26,27)(H2,15,16,19)(H,28,29,30)/t8-,11-/m1/s1. The number of tetrazole rings is 1. The Labute approximate surface area is 203 Å². The fraction of sp³-hybridized carbons (Fsp3) is 0.429. The van der Waals surface area contributed by atoms with E-state index in [1.54, 1.807) is 0 Å². The lowest BCUT2D eigenvalue weighted by Crippen LogP contribution is -2.70. The number of nitrogens with two attached hydrogens (primary N) is 1. The molecule has 2 aliphatic rings. The highest BCUT2D eigenvalue weighted by Gasteiger charge is 2.54. The van der Waals surface area contributed by atoms with Crippen LogP contribution in [0, 0.1) is 0 Å². The van der Waals surface area contributed by atoms with Gasteiger partial charge in [0.2, 0.25) is 11.1 Å². The number of nitrogens with one attached hydrogen (secondary N) is 1. The maximum atomic E-state index is 12.7. The van der Waals surface area contributed by atoms with E-state index in [-0.39, 0.29) is 39.7 Å². The number of aromatic nitrogens is 6. The molecule has 2 amide bonds. The fourth-order valence-corrected chi connectivity index (χ4v) is 6.57. The molecule has 1 fully saturated rings. The number of carbonyl (C=O) groups excluding carboxylic acids is 2. The Morgan fingerprint density at radius 2 is 2.12 bits per heavy atom. The van der Waals surface area contributed by atoms with Gasteiger partial charge < -0.3 is 16.2 Å². The third-order valence-electron chi connectivity index (χ3n) is 4.53. The highest BCUT2D eigenvalue weighted by molar-refractivity contribution is 8.01. The van der Waals surface area contributed by atoms with Gasteiger partial charge in [-0.05, 0) is 16.0 Å². The number of β-lactam (4-membered cyclic amide) rings is 1. The highest BCUT2D eigenvalue weighted by Crippen LogP contribution is 2.41. The minimum atomic E-state index is -4.39. The van der Waals surface area contributed by atoms with Gasteiger partial charge in [0.15, 0.2) is 16.8 Å². The number of thioether (sulfide) groups is 2. The molecular formula is C14H15N9O7S4. The van der Waals surface area contributed by atoms with Crippen molar-refractivity contribution in [1.29, 1.82) is 0 Å². The van der Waals surface area contributed by atoms with Gasteiger partial charge in [-0.25, -0.2) is 14.5 Å². The molecule has 4 heterocycles. The Morgan fingerprint density at radius 1 is 1.35 bits per heavy atom. The van der Waals surface area contributed by atoms with Crippen molar-refractivity contribution in [2.75, 3.05) is 17.2 Å². The van der Waals surface area contributed by atoms with E-state index in [1.165, 1.54) is 11.8 Å². The highest BCUT2D eigenvalue weighted by atomic mass is 32.2. The Balaban J connectivity index is 1.44. The number of carboxylic acid groups (broad SMARTS) is 1. The van der Waals surface area contributed by atoms with Crippen molar-refractivity contribution in [3.05, 3.63) is 17.1 Å². The lowest BCUT2D eigenvalue weighted by molar-refractivity contribution is -0.150. The van der Waals surface area contributed by atoms with Gasteiger partial charge >= 0.3 is 5.97 Å². The van der Waals surface area contributed by atoms with Crippen molar-refractivity contribution in [1.82, 2.24) is 39.8 Å². The molecule has 0 spiro atoms. The summed E-state index contributed by atoms with van der Waals surface area (Å²) in [6, 6.07) is -0.904. The molecule has 1 saturated heterocycles. The Kier molecular flexibility index (Phi) is 6.75. The molecule has 4 rings (SSSR count). The van der Waals surface area contributed by atoms with Crippen molar-refractivity contribution in [3.8, 4) is 0 Å². The summed E-state index contributed by atoms with van der Waals surface area (Å²) in [5.74, 6) is -2.75. The molecule has 2 atom stereocenters. The van der Waals surface area contributed by atoms with Crippen LogP contribution >= 0.6 is 35.1 Å². The summed E-state index contributed by atoms with van der Waals surface area (Å²) in [4.78, 5) is 41.9. The number of nitrogen functional groups attached to an aromatic ring is 1. The van der Waals surface area contributed by atoms with Crippen molar-refractivity contribution in [3.63, 3.8) is 0 Å². The molecule has 16 nitrogen and oxygen atoms in total. The zero-order chi connectivity index (χ0) is 24.6. The van der Waals surface area contributed by atoms with Crippen LogP contribution in [0.5, 0.6) is 0 Å². The van der Waals surface area contributed by atoms with Crippen LogP contribution in [0.3, 0.4) is 0 Å². The Morgan fingerprint density at radius 3 is 2.76 bits per heavy atom. The molecule has 0 unspecified atom stereocenters. The molecule has 0 radical (unpaired) electrons. The monoisotopic (exact) mass is 549 g/mol. The van der Waals surface area contributed by atoms with Crippen molar-refractivity contribution in [2.24, 2.45) is 0 Å². The summed E-state index contributed by atoms with van der Waals surface area (Å²) < 4.78 is 35.9. The second kappa shape index (κ2) is 9.44. The van der Waals surface area contributed by atoms with Gasteiger partial charge in [-0.2, -0.15) is 12.8 Å². The second-order valence-corrected chi connectivity index (χ2v) is 11.2. The predicted octanol–water partition coefficient (Wildman–Crippen LogP) is -1.97. The summed E-state index contributed by atoms with van der Waals surface area (Å²) in [6.45, 7) is 0. The minimum absolute atomic E-state index is 0.0401. The van der Waals surface area contributed by atoms with E-state index in [9.17, 15) is 27.9 Å². The third-order valence-corrected chi connectivity index (χ3v) is 8.06. The van der Waals surface area contributed by atoms with E-state index in [1.807, 2.05) is 0 Å². The average Bonchev–Trinajstić information content (AvgIpc) is 3.36. The van der Waals surface area contributed by atoms with Gasteiger partial charge in [0.05, 0.1) is 6.42 Å². The van der Waals surface area contributed by atoms with Crippen LogP contribution in [0.25, 0.3) is 0 Å². The molecule has 0 saturated carbocycles. The summed E-state index contributed by atoms with van der Waals surface area (Å²) in [7, 11) is -4.39. The molecular weight excluding hydrogens is 534 g/mol. The van der Waals surface area contributed by atoms with E-state index in [0.717, 1.165) is 32.9 Å². The number of hydrogen-bond donors (Lipinski definition) is 4. The van der Waals surface area contributed by atoms with E-state index in [4.69, 9.17) is 10.3 Å². The van der Waals surface area contributed by atoms with Crippen LogP contribution in [0.4, 0.5) is 5.13 Å². The molecule has 20 heteroatoms. The van der Waals surface area contributed by atoms with E-state index in [0.29, 0.717) is 5.57 Å². The zero-order valence-corrected chi connectivity index (χ0v) is 20.0. The Bertz CT molecular complexity index is 1290. The number of amides is 2. The maximum Gasteiger partial charge on any atom is 0.352 e. The van der Waals surface area contributed by atoms with Crippen LogP contribution in [0.1, 0.15) is 5.82 Å². The third kappa shape index (κ3) is 5.14. The fourth-order valence-electron chi connectivity index (χ4n) is 3.19. The maximum absolute atomic E-state index is 12.7. The molecule has 5 N–H and O–H groups in total. The first-order chi connectivity index (χ1) is 16.0. The normalized spacial score (nSPS) is 20.1. The molecule has 0 aromatic carbocycles. The second-order valence-electron chi connectivity index (χ2n) is 6.90. The van der Waals surface area contributed by atoms with Gasteiger partial charge in [0, 0.05) is 23.0 Å². The molecule has 2 aromatic rings. The molecule has 34 heavy (non-hydrogen) atoms. The number of hydrogen-bond acceptors (Lipinski definition) is 14. The van der Waals surface area contributed by atoms with Crippen molar-refractivity contribution >= 4 is 68.1 Å². The quantitative estimate of drug-likeness (QED) is 0.151. The van der Waals surface area contributed by atoms with Gasteiger partial charge in [-0.15, -0.1) is 16.9 Å². The lowest BCUT2D eigenvalue weighted by Gasteiger charge is -2.49. The number of rotatable bonds is 9. The topological polar surface area (TPSA) is 236 Å². The van der Waals surface area contributed by atoms with Crippen molar-refractivity contribution in [2.45, 2.75) is 28.9 Å². The first-order valence-electron chi connectivity index (χ1n) is 9.15. The minimum Gasteiger partial charge on any atom is -0.477 e. The summed E-state index contributed by atoms with van der Waals surface area (Å²) in [5, 5.41) is 22.5. The largest absolute Gasteiger partial charge is 0.477 e. The zero-order valence-electron chi connectivity index (χ0n) is 16.8. The number of nitrogens with zero attached hydrogens (tertiary/aromatic N) is 7. The summed E-state index contributed by atoms with van der Waals surface area (Å²) in [5.41, 5.74) is 5.66. The van der Waals surface area contributed by atoms with E-state index < -0.39 is 45.2 Å². The molecule has 2 aliphatic heterocycles. The van der Waals surface area contributed by atoms with Crippen LogP contribution in [0.2, 0.25) is 0 Å². The SMILES string of the molecule is Nc1nc(CC(=O)N[C@@H]2C(=O)N3C(C(=O)O)=C(CSc4nnnn4CS(=O)(=O)O)CS[C@H]23)ns1. The van der Waals surface area contributed by atoms with Gasteiger partial charge in [0.25, 0.3) is 16.0 Å². The molecule has 182 valence electrons. The van der Waals surface area contributed by atoms with E-state index >= 15 is 0 Å². The van der Waals surface area contributed by atoms with Crippen LogP contribution < -0.4 is 11.1 Å². The number of fused-ring (bicyclic) bond motifs is 1. The number of aliphatic carboxylic acids is 1. The van der Waals surface area contributed by atoms with Gasteiger partial charge in [-0.3, -0.25) is 19.0 Å². The van der Waals surface area contributed by atoms with Crippen LogP contribution in [0.15, 0.2) is 16.4 Å². The van der Waals surface area contributed by atoms with Crippen molar-refractivity contribution < 1.29 is 32.5 Å². The molecule has 0 bridgehead atoms. The Hall–Kier alpha value is -2.81. The molecule has 2 aromatic heterocycles. The van der Waals surface area contributed by atoms with Gasteiger partial charge in [0.1, 0.15) is 17.1 Å². The number of carbonyl (C=O) groups is 3. The first-order valence-corrected chi connectivity index (χ1v) is 13.6. The molecule has 0 aliphatic carbocycles. The van der Waals surface area contributed by atoms with Gasteiger partial charge in [-0.1, -0.05) is 11.8 Å². The summed E-state index contributed by atoms with van der Waals surface area (Å²) >= 11 is 3.16. The van der Waals surface area contributed by atoms with Crippen LogP contribution in [-0.4, -0.2) is 93.2 Å². The average molecular weight is 550 g/mol.